The molecule has 1 atom stereocenters. The Morgan fingerprint density at radius 1 is 1.28 bits per heavy atom. The summed E-state index contributed by atoms with van der Waals surface area (Å²) in [4.78, 5) is 6.71. The van der Waals surface area contributed by atoms with Crippen molar-refractivity contribution in [3.8, 4) is 0 Å². The highest BCUT2D eigenvalue weighted by molar-refractivity contribution is 5.80. The van der Waals surface area contributed by atoms with Crippen LogP contribution >= 0.6 is 0 Å². The van der Waals surface area contributed by atoms with Gasteiger partial charge in [-0.05, 0) is 24.8 Å². The number of nitrogens with one attached hydrogen (secondary N) is 1. The molecule has 3 rings (SSSR count). The van der Waals surface area contributed by atoms with E-state index in [1.165, 1.54) is 5.56 Å². The third kappa shape index (κ3) is 6.87. The lowest BCUT2D eigenvalue weighted by molar-refractivity contribution is -0.00802. The molecular weight excluding hydrogens is 366 g/mol. The predicted molar refractivity (Wildman–Crippen MR) is 115 cm³/mol. The minimum absolute atomic E-state index is 0.0361. The maximum absolute atomic E-state index is 5.92. The van der Waals surface area contributed by atoms with E-state index in [-0.39, 0.29) is 6.10 Å². The molecule has 0 radical (unpaired) electrons. The summed E-state index contributed by atoms with van der Waals surface area (Å²) < 4.78 is 13.5. The molecule has 7 nitrogen and oxygen atoms in total. The molecule has 0 spiro atoms. The minimum atomic E-state index is 0.0361. The molecule has 1 aliphatic heterocycles. The van der Waals surface area contributed by atoms with E-state index in [1.807, 2.05) is 37.2 Å². The second-order valence-corrected chi connectivity index (χ2v) is 7.28. The Balaban J connectivity index is 1.30. The fourth-order valence-electron chi connectivity index (χ4n) is 3.45. The highest BCUT2D eigenvalue weighted by Crippen LogP contribution is 2.21. The van der Waals surface area contributed by atoms with Gasteiger partial charge in [0.05, 0.1) is 26.0 Å². The molecule has 0 amide bonds. The zero-order valence-electron chi connectivity index (χ0n) is 17.6. The highest BCUT2D eigenvalue weighted by Gasteiger charge is 2.24. The van der Waals surface area contributed by atoms with E-state index >= 15 is 0 Å². The van der Waals surface area contributed by atoms with E-state index in [2.05, 4.69) is 44.6 Å². The molecule has 1 fully saturated rings. The number of rotatable bonds is 9. The standard InChI is InChI=1S/C22H33N5O2/c1-23-22(27-12-15-29-21(18-27)20-16-25-26(2)17-20)24-11-6-7-13-28-14-10-19-8-4-3-5-9-19/h3-5,8-9,16-17,21H,6-7,10-15,18H2,1-2H3,(H,23,24). The summed E-state index contributed by atoms with van der Waals surface area (Å²) in [7, 11) is 3.76. The Kier molecular flexibility index (Phi) is 8.52. The Morgan fingerprint density at radius 3 is 2.90 bits per heavy atom. The lowest BCUT2D eigenvalue weighted by Gasteiger charge is -2.34. The van der Waals surface area contributed by atoms with Gasteiger partial charge in [-0.15, -0.1) is 0 Å². The van der Waals surface area contributed by atoms with Gasteiger partial charge in [0.1, 0.15) is 6.10 Å². The van der Waals surface area contributed by atoms with Crippen molar-refractivity contribution in [2.45, 2.75) is 25.4 Å². The smallest absolute Gasteiger partial charge is 0.193 e. The number of guanidine groups is 1. The molecule has 7 heteroatoms. The fourth-order valence-corrected chi connectivity index (χ4v) is 3.45. The number of nitrogens with zero attached hydrogens (tertiary/aromatic N) is 4. The summed E-state index contributed by atoms with van der Waals surface area (Å²) >= 11 is 0. The third-order valence-electron chi connectivity index (χ3n) is 5.05. The molecule has 2 heterocycles. The van der Waals surface area contributed by atoms with Crippen molar-refractivity contribution in [3.05, 3.63) is 53.9 Å². The summed E-state index contributed by atoms with van der Waals surface area (Å²) in [6.45, 7) is 4.79. The van der Waals surface area contributed by atoms with Gasteiger partial charge in [-0.25, -0.2) is 0 Å². The monoisotopic (exact) mass is 399 g/mol. The van der Waals surface area contributed by atoms with Crippen molar-refractivity contribution in [1.82, 2.24) is 20.0 Å². The normalized spacial score (nSPS) is 17.5. The zero-order chi connectivity index (χ0) is 20.3. The van der Waals surface area contributed by atoms with Crippen LogP contribution < -0.4 is 5.32 Å². The first-order chi connectivity index (χ1) is 14.3. The third-order valence-corrected chi connectivity index (χ3v) is 5.05. The number of benzene rings is 1. The first-order valence-corrected chi connectivity index (χ1v) is 10.4. The molecule has 0 aliphatic carbocycles. The van der Waals surface area contributed by atoms with E-state index in [9.17, 15) is 0 Å². The molecule has 29 heavy (non-hydrogen) atoms. The maximum atomic E-state index is 5.92. The Bertz CT molecular complexity index is 747. The van der Waals surface area contributed by atoms with Crippen molar-refractivity contribution in [2.24, 2.45) is 12.0 Å². The van der Waals surface area contributed by atoms with Gasteiger partial charge in [0.2, 0.25) is 0 Å². The Hall–Kier alpha value is -2.38. The van der Waals surface area contributed by atoms with Crippen molar-refractivity contribution in [3.63, 3.8) is 0 Å². The van der Waals surface area contributed by atoms with Crippen LogP contribution in [0.4, 0.5) is 0 Å². The SMILES string of the molecule is CN=C(NCCCCOCCc1ccccc1)N1CCOC(c2cnn(C)c2)C1. The Morgan fingerprint density at radius 2 is 2.14 bits per heavy atom. The van der Waals surface area contributed by atoms with Crippen LogP contribution in [0, 0.1) is 0 Å². The van der Waals surface area contributed by atoms with E-state index in [4.69, 9.17) is 9.47 Å². The summed E-state index contributed by atoms with van der Waals surface area (Å²) in [6.07, 6.45) is 7.00. The van der Waals surface area contributed by atoms with Crippen LogP contribution in [0.25, 0.3) is 0 Å². The molecule has 1 aromatic heterocycles. The zero-order valence-corrected chi connectivity index (χ0v) is 17.6. The molecule has 0 bridgehead atoms. The topological polar surface area (TPSA) is 63.9 Å². The number of hydrogen-bond donors (Lipinski definition) is 1. The number of aliphatic imine (C=N–C) groups is 1. The number of aryl methyl sites for hydroxylation is 1. The number of morpholine rings is 1. The lowest BCUT2D eigenvalue weighted by Crippen LogP contribution is -2.48. The Labute approximate surface area is 173 Å². The predicted octanol–water partition coefficient (Wildman–Crippen LogP) is 2.41. The molecule has 0 saturated carbocycles. The molecule has 1 unspecified atom stereocenters. The van der Waals surface area contributed by atoms with E-state index in [1.54, 1.807) is 0 Å². The second kappa shape index (κ2) is 11.6. The quantitative estimate of drug-likeness (QED) is 0.399. The highest BCUT2D eigenvalue weighted by atomic mass is 16.5. The van der Waals surface area contributed by atoms with Crippen LogP contribution in [0.2, 0.25) is 0 Å². The van der Waals surface area contributed by atoms with Gasteiger partial charge >= 0.3 is 0 Å². The number of aromatic nitrogens is 2. The molecular formula is C22H33N5O2. The average Bonchev–Trinajstić information content (AvgIpc) is 3.20. The van der Waals surface area contributed by atoms with Crippen LogP contribution in [0.3, 0.4) is 0 Å². The van der Waals surface area contributed by atoms with Crippen molar-refractivity contribution in [2.75, 3.05) is 46.5 Å². The maximum Gasteiger partial charge on any atom is 0.193 e. The minimum Gasteiger partial charge on any atom is -0.381 e. The molecule has 2 aromatic rings. The van der Waals surface area contributed by atoms with Crippen molar-refractivity contribution in [1.29, 1.82) is 0 Å². The average molecular weight is 400 g/mol. The van der Waals surface area contributed by atoms with E-state index < -0.39 is 0 Å². The van der Waals surface area contributed by atoms with E-state index in [0.29, 0.717) is 6.61 Å². The van der Waals surface area contributed by atoms with Crippen molar-refractivity contribution < 1.29 is 9.47 Å². The van der Waals surface area contributed by atoms with Crippen LogP contribution in [0.1, 0.15) is 30.1 Å². The molecule has 1 N–H and O–H groups in total. The van der Waals surface area contributed by atoms with Crippen LogP contribution in [-0.2, 0) is 22.9 Å². The van der Waals surface area contributed by atoms with Gasteiger partial charge in [-0.2, -0.15) is 5.10 Å². The largest absolute Gasteiger partial charge is 0.381 e. The number of hydrogen-bond acceptors (Lipinski definition) is 4. The van der Waals surface area contributed by atoms with Crippen LogP contribution in [0.5, 0.6) is 0 Å². The molecule has 158 valence electrons. The van der Waals surface area contributed by atoms with Gasteiger partial charge in [-0.1, -0.05) is 30.3 Å². The van der Waals surface area contributed by atoms with Crippen molar-refractivity contribution >= 4 is 5.96 Å². The van der Waals surface area contributed by atoms with Gasteiger partial charge in [0.15, 0.2) is 5.96 Å². The first-order valence-electron chi connectivity index (χ1n) is 10.4. The van der Waals surface area contributed by atoms with Gasteiger partial charge < -0.3 is 19.7 Å². The number of unbranched alkanes of at least 4 members (excludes halogenated alkanes) is 1. The van der Waals surface area contributed by atoms with Crippen LogP contribution in [-0.4, -0.2) is 67.1 Å². The molecule has 1 saturated heterocycles. The van der Waals surface area contributed by atoms with Gasteiger partial charge in [0.25, 0.3) is 0 Å². The first kappa shape index (κ1) is 21.3. The summed E-state index contributed by atoms with van der Waals surface area (Å²) in [5, 5.41) is 7.73. The molecule has 1 aliphatic rings. The number of ether oxygens (including phenoxy) is 2. The van der Waals surface area contributed by atoms with E-state index in [0.717, 1.165) is 63.6 Å². The second-order valence-electron chi connectivity index (χ2n) is 7.28. The van der Waals surface area contributed by atoms with Gasteiger partial charge in [-0.3, -0.25) is 9.67 Å². The summed E-state index contributed by atoms with van der Waals surface area (Å²) in [5.41, 5.74) is 2.44. The fraction of sp³-hybridized carbons (Fsp3) is 0.545. The van der Waals surface area contributed by atoms with Crippen LogP contribution in [0.15, 0.2) is 47.7 Å². The summed E-state index contributed by atoms with van der Waals surface area (Å²) in [5.74, 6) is 0.937. The molecule has 1 aromatic carbocycles. The van der Waals surface area contributed by atoms with Gasteiger partial charge in [0, 0.05) is 45.6 Å². The lowest BCUT2D eigenvalue weighted by atomic mass is 10.1. The summed E-state index contributed by atoms with van der Waals surface area (Å²) in [6, 6.07) is 10.5.